The lowest BCUT2D eigenvalue weighted by Crippen LogP contribution is -2.22. The number of hydrogen-bond donors (Lipinski definition) is 2. The van der Waals surface area contributed by atoms with Gasteiger partial charge in [-0.05, 0) is 35.9 Å². The van der Waals surface area contributed by atoms with E-state index in [1.165, 1.54) is 12.1 Å². The Kier molecular flexibility index (Phi) is 4.02. The van der Waals surface area contributed by atoms with E-state index < -0.39 is 5.82 Å². The van der Waals surface area contributed by atoms with Crippen LogP contribution >= 0.6 is 11.6 Å². The lowest BCUT2D eigenvalue weighted by Gasteiger charge is -2.06. The number of aromatic hydroxyl groups is 1. The molecule has 0 bridgehead atoms. The quantitative estimate of drug-likeness (QED) is 0.907. The molecule has 3 nitrogen and oxygen atoms in total. The van der Waals surface area contributed by atoms with Crippen LogP contribution in [0.15, 0.2) is 42.5 Å². The lowest BCUT2D eigenvalue weighted by atomic mass is 10.2. The summed E-state index contributed by atoms with van der Waals surface area (Å²) in [6, 6.07) is 10.3. The highest BCUT2D eigenvalue weighted by Crippen LogP contribution is 2.16. The van der Waals surface area contributed by atoms with Crippen LogP contribution in [-0.2, 0) is 6.54 Å². The maximum absolute atomic E-state index is 13.0. The van der Waals surface area contributed by atoms with Crippen LogP contribution in [-0.4, -0.2) is 11.0 Å². The molecule has 1 amide bonds. The van der Waals surface area contributed by atoms with E-state index in [-0.39, 0.29) is 28.8 Å². The van der Waals surface area contributed by atoms with Gasteiger partial charge in [-0.2, -0.15) is 0 Å². The molecule has 5 heteroatoms. The molecule has 0 atom stereocenters. The normalized spacial score (nSPS) is 10.2. The summed E-state index contributed by atoms with van der Waals surface area (Å²) in [5, 5.41) is 11.9. The Labute approximate surface area is 114 Å². The van der Waals surface area contributed by atoms with Crippen LogP contribution in [0.1, 0.15) is 15.9 Å². The molecular weight excluding hydrogens is 269 g/mol. The van der Waals surface area contributed by atoms with E-state index in [0.717, 1.165) is 11.6 Å². The highest BCUT2D eigenvalue weighted by molar-refractivity contribution is 6.31. The van der Waals surface area contributed by atoms with Gasteiger partial charge in [-0.15, -0.1) is 0 Å². The Hall–Kier alpha value is -2.07. The molecule has 2 N–H and O–H groups in total. The van der Waals surface area contributed by atoms with Crippen molar-refractivity contribution in [3.8, 4) is 5.75 Å². The Morgan fingerprint density at radius 1 is 1.26 bits per heavy atom. The van der Waals surface area contributed by atoms with E-state index in [9.17, 15) is 14.3 Å². The number of phenols is 1. The van der Waals surface area contributed by atoms with Gasteiger partial charge in [0.25, 0.3) is 5.91 Å². The van der Waals surface area contributed by atoms with E-state index in [1.807, 2.05) is 0 Å². The van der Waals surface area contributed by atoms with Crippen molar-refractivity contribution >= 4 is 17.5 Å². The third kappa shape index (κ3) is 3.45. The number of carbonyl (C=O) groups excluding carboxylic acids is 1. The molecule has 2 rings (SSSR count). The van der Waals surface area contributed by atoms with Gasteiger partial charge >= 0.3 is 0 Å². The predicted octanol–water partition coefficient (Wildman–Crippen LogP) is 3.11. The van der Waals surface area contributed by atoms with E-state index in [0.29, 0.717) is 0 Å². The highest BCUT2D eigenvalue weighted by atomic mass is 35.5. The van der Waals surface area contributed by atoms with E-state index in [4.69, 9.17) is 11.6 Å². The third-order valence-corrected chi connectivity index (χ3v) is 2.84. The monoisotopic (exact) mass is 279 g/mol. The summed E-state index contributed by atoms with van der Waals surface area (Å²) in [4.78, 5) is 11.8. The summed E-state index contributed by atoms with van der Waals surface area (Å²) in [7, 11) is 0. The van der Waals surface area contributed by atoms with Crippen molar-refractivity contribution in [1.29, 1.82) is 0 Å². The molecule has 0 heterocycles. The second-order valence-corrected chi connectivity index (χ2v) is 4.39. The van der Waals surface area contributed by atoms with Crippen molar-refractivity contribution < 1.29 is 14.3 Å². The molecule has 0 fully saturated rings. The van der Waals surface area contributed by atoms with Crippen LogP contribution in [0.4, 0.5) is 4.39 Å². The molecule has 0 spiro atoms. The zero-order valence-corrected chi connectivity index (χ0v) is 10.6. The first-order chi connectivity index (χ1) is 9.06. The highest BCUT2D eigenvalue weighted by Gasteiger charge is 2.08. The smallest absolute Gasteiger partial charge is 0.251 e. The van der Waals surface area contributed by atoms with Crippen LogP contribution < -0.4 is 5.32 Å². The fourth-order valence-corrected chi connectivity index (χ4v) is 1.77. The van der Waals surface area contributed by atoms with Gasteiger partial charge in [0.05, 0.1) is 5.02 Å². The Morgan fingerprint density at radius 3 is 2.74 bits per heavy atom. The zero-order valence-electron chi connectivity index (χ0n) is 9.86. The van der Waals surface area contributed by atoms with Gasteiger partial charge in [0.2, 0.25) is 0 Å². The standard InChI is InChI=1S/C14H11ClFNO2/c15-12-7-10(4-5-13(12)16)14(19)17-8-9-2-1-3-11(18)6-9/h1-7,18H,8H2,(H,17,19). The van der Waals surface area contributed by atoms with Gasteiger partial charge < -0.3 is 10.4 Å². The third-order valence-electron chi connectivity index (χ3n) is 2.55. The van der Waals surface area contributed by atoms with Gasteiger partial charge in [-0.3, -0.25) is 4.79 Å². The Morgan fingerprint density at radius 2 is 2.05 bits per heavy atom. The summed E-state index contributed by atoms with van der Waals surface area (Å²) in [5.41, 5.74) is 1.05. The molecular formula is C14H11ClFNO2. The Bertz CT molecular complexity index is 616. The second-order valence-electron chi connectivity index (χ2n) is 3.98. The summed E-state index contributed by atoms with van der Waals surface area (Å²) in [5.74, 6) is -0.784. The molecule has 2 aromatic carbocycles. The van der Waals surface area contributed by atoms with Gasteiger partial charge in [0, 0.05) is 12.1 Å². The number of amides is 1. The van der Waals surface area contributed by atoms with Crippen molar-refractivity contribution in [2.45, 2.75) is 6.54 Å². The predicted molar refractivity (Wildman–Crippen MR) is 70.7 cm³/mol. The van der Waals surface area contributed by atoms with Gasteiger partial charge in [-0.25, -0.2) is 4.39 Å². The summed E-state index contributed by atoms with van der Waals surface area (Å²) in [6.45, 7) is 0.266. The average molecular weight is 280 g/mol. The topological polar surface area (TPSA) is 49.3 Å². The first kappa shape index (κ1) is 13.4. The molecule has 0 aromatic heterocycles. The van der Waals surface area contributed by atoms with Gasteiger partial charge in [-0.1, -0.05) is 23.7 Å². The van der Waals surface area contributed by atoms with Crippen molar-refractivity contribution in [2.75, 3.05) is 0 Å². The molecule has 0 aliphatic rings. The van der Waals surface area contributed by atoms with Gasteiger partial charge in [0.1, 0.15) is 11.6 Å². The van der Waals surface area contributed by atoms with E-state index in [1.54, 1.807) is 24.3 Å². The summed E-state index contributed by atoms with van der Waals surface area (Å²) < 4.78 is 13.0. The van der Waals surface area contributed by atoms with Crippen LogP contribution in [0.3, 0.4) is 0 Å². The second kappa shape index (κ2) is 5.71. The average Bonchev–Trinajstić information content (AvgIpc) is 2.39. The number of halogens is 2. The molecule has 0 radical (unpaired) electrons. The van der Waals surface area contributed by atoms with Crippen molar-refractivity contribution in [3.63, 3.8) is 0 Å². The van der Waals surface area contributed by atoms with Crippen molar-refractivity contribution in [1.82, 2.24) is 5.32 Å². The van der Waals surface area contributed by atoms with Crippen molar-refractivity contribution in [2.24, 2.45) is 0 Å². The fourth-order valence-electron chi connectivity index (χ4n) is 1.59. The number of nitrogens with one attached hydrogen (secondary N) is 1. The first-order valence-electron chi connectivity index (χ1n) is 5.57. The molecule has 0 saturated heterocycles. The molecule has 0 unspecified atom stereocenters. The number of benzene rings is 2. The Balaban J connectivity index is 2.03. The first-order valence-corrected chi connectivity index (χ1v) is 5.95. The minimum Gasteiger partial charge on any atom is -0.508 e. The SMILES string of the molecule is O=C(NCc1cccc(O)c1)c1ccc(F)c(Cl)c1. The number of hydrogen-bond acceptors (Lipinski definition) is 2. The maximum atomic E-state index is 13.0. The van der Waals surface area contributed by atoms with Crippen molar-refractivity contribution in [3.05, 3.63) is 64.4 Å². The molecule has 2 aromatic rings. The van der Waals surface area contributed by atoms with Crippen LogP contribution in [0, 0.1) is 5.82 Å². The van der Waals surface area contributed by atoms with Crippen LogP contribution in [0.2, 0.25) is 5.02 Å². The van der Waals surface area contributed by atoms with Crippen LogP contribution in [0.25, 0.3) is 0 Å². The molecule has 0 aliphatic heterocycles. The van der Waals surface area contributed by atoms with E-state index in [2.05, 4.69) is 5.32 Å². The molecule has 98 valence electrons. The summed E-state index contributed by atoms with van der Waals surface area (Å²) >= 11 is 5.61. The minimum absolute atomic E-state index is 0.0926. The zero-order chi connectivity index (χ0) is 13.8. The summed E-state index contributed by atoms with van der Waals surface area (Å²) in [6.07, 6.45) is 0. The number of carbonyl (C=O) groups is 1. The molecule has 0 saturated carbocycles. The maximum Gasteiger partial charge on any atom is 0.251 e. The van der Waals surface area contributed by atoms with E-state index >= 15 is 0 Å². The lowest BCUT2D eigenvalue weighted by molar-refractivity contribution is 0.0951. The van der Waals surface area contributed by atoms with Crippen LogP contribution in [0.5, 0.6) is 5.75 Å². The fraction of sp³-hybridized carbons (Fsp3) is 0.0714. The minimum atomic E-state index is -0.564. The number of rotatable bonds is 3. The van der Waals surface area contributed by atoms with Gasteiger partial charge in [0.15, 0.2) is 0 Å². The molecule has 0 aliphatic carbocycles. The molecule has 19 heavy (non-hydrogen) atoms. The number of phenolic OH excluding ortho intramolecular Hbond substituents is 1. The largest absolute Gasteiger partial charge is 0.508 e.